The molecule has 2 nitrogen and oxygen atoms in total. The molecule has 0 unspecified atom stereocenters. The summed E-state index contributed by atoms with van der Waals surface area (Å²) in [6, 6.07) is 14.6. The van der Waals surface area contributed by atoms with Crippen LogP contribution < -0.4 is 0 Å². The second-order valence-electron chi connectivity index (χ2n) is 9.05. The van der Waals surface area contributed by atoms with E-state index in [1.54, 1.807) is 0 Å². The summed E-state index contributed by atoms with van der Waals surface area (Å²) in [5.41, 5.74) is 8.61. The van der Waals surface area contributed by atoms with Crippen LogP contribution in [0.4, 0.5) is 8.63 Å². The summed E-state index contributed by atoms with van der Waals surface area (Å²) in [4.78, 5) is 0. The van der Waals surface area contributed by atoms with Crippen LogP contribution >= 0.6 is 0 Å². The van der Waals surface area contributed by atoms with Gasteiger partial charge in [-0.1, -0.05) is 50.2 Å². The summed E-state index contributed by atoms with van der Waals surface area (Å²) in [6.07, 6.45) is 1.48. The number of nitrogens with zero attached hydrogens (tertiary/aromatic N) is 2. The lowest BCUT2D eigenvalue weighted by molar-refractivity contribution is -0.363. The molecule has 164 valence electrons. The first kappa shape index (κ1) is 20.9. The van der Waals surface area contributed by atoms with Gasteiger partial charge in [0.25, 0.3) is 0 Å². The molecule has 2 aliphatic rings. The van der Waals surface area contributed by atoms with Crippen molar-refractivity contribution in [3.63, 3.8) is 0 Å². The normalized spacial score (nSPS) is 17.5. The van der Waals surface area contributed by atoms with E-state index in [1.807, 2.05) is 53.7 Å². The molecule has 0 radical (unpaired) electrons. The Morgan fingerprint density at radius 1 is 0.906 bits per heavy atom. The Morgan fingerprint density at radius 2 is 1.59 bits per heavy atom. The molecule has 2 aromatic carbocycles. The fourth-order valence-electron chi connectivity index (χ4n) is 6.10. The molecule has 0 fully saturated rings. The van der Waals surface area contributed by atoms with Gasteiger partial charge in [-0.25, -0.2) is 0 Å². The smallest absolute Gasteiger partial charge is 0.393 e. The SMILES string of the molecule is CCC1=C(C)C2=C(c3ccc4ccccc4c3)c3c(C)c(CC)c(C)n3[B-](F)(F)[N+]2=C1C. The van der Waals surface area contributed by atoms with Crippen LogP contribution in [0.3, 0.4) is 0 Å². The molecule has 0 bridgehead atoms. The van der Waals surface area contributed by atoms with Crippen molar-refractivity contribution < 1.29 is 13.1 Å². The van der Waals surface area contributed by atoms with Crippen LogP contribution in [0, 0.1) is 13.8 Å². The van der Waals surface area contributed by atoms with Gasteiger partial charge >= 0.3 is 6.97 Å². The first-order chi connectivity index (χ1) is 15.2. The van der Waals surface area contributed by atoms with E-state index in [2.05, 4.69) is 30.3 Å². The minimum absolute atomic E-state index is 0.676. The highest BCUT2D eigenvalue weighted by atomic mass is 19.2. The van der Waals surface area contributed by atoms with Gasteiger partial charge in [0, 0.05) is 23.8 Å². The number of benzene rings is 2. The zero-order chi connectivity index (χ0) is 22.9. The number of hydrogen-bond acceptors (Lipinski definition) is 0. The van der Waals surface area contributed by atoms with Gasteiger partial charge in [-0.2, -0.15) is 0 Å². The van der Waals surface area contributed by atoms with Gasteiger partial charge in [0.1, 0.15) is 5.71 Å². The number of fused-ring (bicyclic) bond motifs is 3. The van der Waals surface area contributed by atoms with Crippen molar-refractivity contribution in [2.75, 3.05) is 0 Å². The summed E-state index contributed by atoms with van der Waals surface area (Å²) < 4.78 is 35.3. The number of hydrogen-bond donors (Lipinski definition) is 0. The van der Waals surface area contributed by atoms with E-state index in [9.17, 15) is 0 Å². The molecule has 0 atom stereocenters. The average Bonchev–Trinajstić information content (AvgIpc) is 3.18. The van der Waals surface area contributed by atoms with Gasteiger partial charge in [0.15, 0.2) is 5.70 Å². The van der Waals surface area contributed by atoms with Crippen LogP contribution in [0.25, 0.3) is 16.3 Å². The second kappa shape index (κ2) is 7.03. The molecule has 0 saturated carbocycles. The molecule has 32 heavy (non-hydrogen) atoms. The van der Waals surface area contributed by atoms with Gasteiger partial charge < -0.3 is 17.6 Å². The van der Waals surface area contributed by atoms with E-state index >= 15 is 8.63 Å². The van der Waals surface area contributed by atoms with Gasteiger partial charge in [-0.05, 0) is 72.8 Å². The number of rotatable bonds is 3. The quantitative estimate of drug-likeness (QED) is 0.394. The molecular weight excluding hydrogens is 401 g/mol. The number of halogens is 2. The van der Waals surface area contributed by atoms with Crippen molar-refractivity contribution in [3.05, 3.63) is 87.4 Å². The van der Waals surface area contributed by atoms with Gasteiger partial charge in [0.2, 0.25) is 0 Å². The molecule has 0 N–H and O–H groups in total. The Labute approximate surface area is 188 Å². The fourth-order valence-corrected chi connectivity index (χ4v) is 6.10. The van der Waals surface area contributed by atoms with Crippen molar-refractivity contribution in [1.82, 2.24) is 4.48 Å². The Bertz CT molecular complexity index is 1400. The van der Waals surface area contributed by atoms with Crippen molar-refractivity contribution >= 4 is 29.0 Å². The van der Waals surface area contributed by atoms with Crippen LogP contribution in [0.5, 0.6) is 0 Å². The van der Waals surface area contributed by atoms with E-state index < -0.39 is 6.97 Å². The van der Waals surface area contributed by atoms with Crippen molar-refractivity contribution in [2.24, 2.45) is 0 Å². The van der Waals surface area contributed by atoms with E-state index in [1.165, 1.54) is 8.96 Å². The standard InChI is InChI=1S/C27H29BF2N2/c1-7-23-16(3)26-25(22-14-13-20-11-9-10-12-21(20)15-22)27-17(4)24(8-2)19(6)32(27)28(29,30)31(26)18(23)5/h9-15H,7-8H2,1-6H3. The third kappa shape index (κ3) is 2.54. The zero-order valence-electron chi connectivity index (χ0n) is 19.7. The predicted octanol–water partition coefficient (Wildman–Crippen LogP) is 7.03. The second-order valence-corrected chi connectivity index (χ2v) is 9.05. The topological polar surface area (TPSA) is 7.94 Å². The molecule has 3 heterocycles. The first-order valence-electron chi connectivity index (χ1n) is 11.5. The lowest BCUT2D eigenvalue weighted by Gasteiger charge is -2.34. The van der Waals surface area contributed by atoms with Gasteiger partial charge in [-0.15, -0.1) is 0 Å². The summed E-state index contributed by atoms with van der Waals surface area (Å²) in [5, 5.41) is 2.27. The summed E-state index contributed by atoms with van der Waals surface area (Å²) in [5.74, 6) is 0. The molecule has 0 aliphatic carbocycles. The summed E-state index contributed by atoms with van der Waals surface area (Å²) >= 11 is 0. The lowest BCUT2D eigenvalue weighted by Crippen LogP contribution is -2.51. The summed E-state index contributed by atoms with van der Waals surface area (Å²) in [6.45, 7) is 7.83. The minimum Gasteiger partial charge on any atom is -0.393 e. The third-order valence-electron chi connectivity index (χ3n) is 7.53. The van der Waals surface area contributed by atoms with Gasteiger partial charge in [-0.3, -0.25) is 0 Å². The molecular formula is C27H29BF2N2. The van der Waals surface area contributed by atoms with Crippen LogP contribution in [0.1, 0.15) is 62.2 Å². The zero-order valence-corrected chi connectivity index (χ0v) is 19.7. The molecule has 0 amide bonds. The molecule has 5 rings (SSSR count). The largest absolute Gasteiger partial charge is 0.737 e. The van der Waals surface area contributed by atoms with E-state index in [-0.39, 0.29) is 0 Å². The van der Waals surface area contributed by atoms with Crippen LogP contribution in [0.15, 0.2) is 59.3 Å². The average molecular weight is 430 g/mol. The molecule has 5 heteroatoms. The van der Waals surface area contributed by atoms with Crippen molar-refractivity contribution in [1.29, 1.82) is 0 Å². The van der Waals surface area contributed by atoms with Crippen molar-refractivity contribution in [3.8, 4) is 0 Å². The first-order valence-corrected chi connectivity index (χ1v) is 11.5. The van der Waals surface area contributed by atoms with Crippen LogP contribution in [0.2, 0.25) is 0 Å². The molecule has 0 spiro atoms. The monoisotopic (exact) mass is 430 g/mol. The fraction of sp³-hybridized carbons (Fsp3) is 0.296. The van der Waals surface area contributed by atoms with Crippen molar-refractivity contribution in [2.45, 2.75) is 54.4 Å². The highest BCUT2D eigenvalue weighted by Crippen LogP contribution is 2.47. The number of allylic oxidation sites excluding steroid dienone is 2. The maximum atomic E-state index is 16.3. The Morgan fingerprint density at radius 3 is 2.25 bits per heavy atom. The van der Waals surface area contributed by atoms with Gasteiger partial charge in [0.05, 0.1) is 5.57 Å². The van der Waals surface area contributed by atoms with E-state index in [4.69, 9.17) is 0 Å². The maximum Gasteiger partial charge on any atom is 0.737 e. The predicted molar refractivity (Wildman–Crippen MR) is 131 cm³/mol. The minimum atomic E-state index is -3.98. The molecule has 1 aromatic heterocycles. The van der Waals surface area contributed by atoms with E-state index in [0.717, 1.165) is 57.0 Å². The highest BCUT2D eigenvalue weighted by Gasteiger charge is 2.56. The molecule has 3 aromatic rings. The lowest BCUT2D eigenvalue weighted by atomic mass is 9.83. The van der Waals surface area contributed by atoms with Crippen LogP contribution in [-0.4, -0.2) is 21.6 Å². The maximum absolute atomic E-state index is 16.3. The Kier molecular flexibility index (Phi) is 4.60. The number of aromatic nitrogens is 1. The molecule has 0 saturated heterocycles. The van der Waals surface area contributed by atoms with E-state index in [0.29, 0.717) is 22.8 Å². The summed E-state index contributed by atoms with van der Waals surface area (Å²) in [7, 11) is 0. The Hall–Kier alpha value is -2.95. The third-order valence-corrected chi connectivity index (χ3v) is 7.53. The Balaban J connectivity index is 1.97. The highest BCUT2D eigenvalue weighted by molar-refractivity contribution is 6.58. The molecule has 2 aliphatic heterocycles. The van der Waals surface area contributed by atoms with Crippen LogP contribution in [-0.2, 0) is 6.42 Å².